The van der Waals surface area contributed by atoms with E-state index >= 15 is 0 Å². The van der Waals surface area contributed by atoms with Crippen molar-refractivity contribution in [1.82, 2.24) is 4.98 Å². The standard InChI is InChI=1S/C19H16N2O3/c1-23-17-10-6-5-9-16(17)21-19(22)14-11-12-18(20-13-14)24-15-7-3-2-4-8-15/h2-13H,1H3,(H,21,22). The topological polar surface area (TPSA) is 60.5 Å². The number of carbonyl (C=O) groups is 1. The molecule has 0 spiro atoms. The van der Waals surface area contributed by atoms with Crippen molar-refractivity contribution in [3.8, 4) is 17.4 Å². The van der Waals surface area contributed by atoms with Gasteiger partial charge in [0, 0.05) is 12.3 Å². The highest BCUT2D eigenvalue weighted by molar-refractivity contribution is 6.04. The van der Waals surface area contributed by atoms with Crippen LogP contribution in [-0.2, 0) is 0 Å². The highest BCUT2D eigenvalue weighted by atomic mass is 16.5. The van der Waals surface area contributed by atoms with Gasteiger partial charge in [-0.25, -0.2) is 4.98 Å². The van der Waals surface area contributed by atoms with Crippen molar-refractivity contribution in [3.05, 3.63) is 78.5 Å². The van der Waals surface area contributed by atoms with Crippen LogP contribution in [0.3, 0.4) is 0 Å². The van der Waals surface area contributed by atoms with Gasteiger partial charge < -0.3 is 14.8 Å². The molecule has 0 saturated heterocycles. The number of nitrogens with zero attached hydrogens (tertiary/aromatic N) is 1. The van der Waals surface area contributed by atoms with Crippen LogP contribution in [0.2, 0.25) is 0 Å². The molecule has 1 heterocycles. The molecule has 5 heteroatoms. The number of hydrogen-bond acceptors (Lipinski definition) is 4. The lowest BCUT2D eigenvalue weighted by molar-refractivity contribution is 0.102. The second-order valence-electron chi connectivity index (χ2n) is 4.95. The number of carbonyl (C=O) groups excluding carboxylic acids is 1. The summed E-state index contributed by atoms with van der Waals surface area (Å²) in [5, 5.41) is 2.80. The summed E-state index contributed by atoms with van der Waals surface area (Å²) in [5.74, 6) is 1.45. The minimum atomic E-state index is -0.265. The molecule has 24 heavy (non-hydrogen) atoms. The molecule has 0 aliphatic rings. The fourth-order valence-corrected chi connectivity index (χ4v) is 2.13. The van der Waals surface area contributed by atoms with Crippen LogP contribution in [0, 0.1) is 0 Å². The zero-order valence-electron chi connectivity index (χ0n) is 13.1. The number of nitrogens with one attached hydrogen (secondary N) is 1. The van der Waals surface area contributed by atoms with E-state index in [1.807, 2.05) is 42.5 Å². The number of anilines is 1. The Kier molecular flexibility index (Phi) is 4.72. The smallest absolute Gasteiger partial charge is 0.257 e. The third-order valence-corrected chi connectivity index (χ3v) is 3.32. The monoisotopic (exact) mass is 320 g/mol. The number of pyridine rings is 1. The van der Waals surface area contributed by atoms with E-state index in [1.165, 1.54) is 6.20 Å². The average Bonchev–Trinajstić information content (AvgIpc) is 2.63. The summed E-state index contributed by atoms with van der Waals surface area (Å²) < 4.78 is 10.8. The summed E-state index contributed by atoms with van der Waals surface area (Å²) in [7, 11) is 1.56. The van der Waals surface area contributed by atoms with Gasteiger partial charge in [0.1, 0.15) is 11.5 Å². The van der Waals surface area contributed by atoms with Crippen molar-refractivity contribution in [1.29, 1.82) is 0 Å². The van der Waals surface area contributed by atoms with E-state index in [0.29, 0.717) is 28.6 Å². The molecule has 3 aromatic rings. The summed E-state index contributed by atoms with van der Waals surface area (Å²) in [6.45, 7) is 0. The van der Waals surface area contributed by atoms with Crippen LogP contribution in [0.5, 0.6) is 17.4 Å². The molecule has 1 amide bonds. The number of rotatable bonds is 5. The Morgan fingerprint density at radius 2 is 1.71 bits per heavy atom. The number of methoxy groups -OCH3 is 1. The normalized spacial score (nSPS) is 10.0. The average molecular weight is 320 g/mol. The Bertz CT molecular complexity index is 818. The van der Waals surface area contributed by atoms with E-state index in [4.69, 9.17) is 9.47 Å². The molecular weight excluding hydrogens is 304 g/mol. The van der Waals surface area contributed by atoms with Crippen LogP contribution in [0.1, 0.15) is 10.4 Å². The minimum absolute atomic E-state index is 0.265. The molecule has 1 aromatic heterocycles. The van der Waals surface area contributed by atoms with E-state index < -0.39 is 0 Å². The Morgan fingerprint density at radius 1 is 0.958 bits per heavy atom. The minimum Gasteiger partial charge on any atom is -0.495 e. The van der Waals surface area contributed by atoms with Gasteiger partial charge in [-0.2, -0.15) is 0 Å². The number of amides is 1. The highest BCUT2D eigenvalue weighted by Crippen LogP contribution is 2.24. The molecule has 0 atom stereocenters. The molecule has 5 nitrogen and oxygen atoms in total. The third kappa shape index (κ3) is 3.70. The first-order valence-corrected chi connectivity index (χ1v) is 7.39. The third-order valence-electron chi connectivity index (χ3n) is 3.32. The quantitative estimate of drug-likeness (QED) is 0.767. The van der Waals surface area contributed by atoms with Gasteiger partial charge in [0.05, 0.1) is 18.4 Å². The van der Waals surface area contributed by atoms with Crippen molar-refractivity contribution < 1.29 is 14.3 Å². The van der Waals surface area contributed by atoms with Gasteiger partial charge in [0.2, 0.25) is 5.88 Å². The van der Waals surface area contributed by atoms with Crippen molar-refractivity contribution in [2.24, 2.45) is 0 Å². The van der Waals surface area contributed by atoms with Crippen LogP contribution < -0.4 is 14.8 Å². The first-order chi connectivity index (χ1) is 11.8. The summed E-state index contributed by atoms with van der Waals surface area (Å²) in [6, 6.07) is 19.9. The number of ether oxygens (including phenoxy) is 2. The Balaban J connectivity index is 1.70. The van der Waals surface area contributed by atoms with Crippen molar-refractivity contribution in [3.63, 3.8) is 0 Å². The van der Waals surface area contributed by atoms with Gasteiger partial charge in [0.25, 0.3) is 5.91 Å². The van der Waals surface area contributed by atoms with E-state index in [0.717, 1.165) is 0 Å². The lowest BCUT2D eigenvalue weighted by atomic mass is 10.2. The van der Waals surface area contributed by atoms with Crippen LogP contribution in [-0.4, -0.2) is 18.0 Å². The molecule has 1 N–H and O–H groups in total. The van der Waals surface area contributed by atoms with E-state index in [1.54, 1.807) is 31.4 Å². The Hall–Kier alpha value is -3.34. The molecule has 0 radical (unpaired) electrons. The summed E-state index contributed by atoms with van der Waals surface area (Å²) in [5.41, 5.74) is 1.04. The molecule has 2 aromatic carbocycles. The maximum Gasteiger partial charge on any atom is 0.257 e. The molecule has 0 saturated carbocycles. The summed E-state index contributed by atoms with van der Waals surface area (Å²) >= 11 is 0. The van der Waals surface area contributed by atoms with Crippen molar-refractivity contribution in [2.75, 3.05) is 12.4 Å². The number of aromatic nitrogens is 1. The van der Waals surface area contributed by atoms with Gasteiger partial charge in [-0.15, -0.1) is 0 Å². The predicted octanol–water partition coefficient (Wildman–Crippen LogP) is 4.13. The van der Waals surface area contributed by atoms with Gasteiger partial charge >= 0.3 is 0 Å². The molecular formula is C19H16N2O3. The maximum absolute atomic E-state index is 12.3. The van der Waals surface area contributed by atoms with Crippen LogP contribution >= 0.6 is 0 Å². The fourth-order valence-electron chi connectivity index (χ4n) is 2.13. The van der Waals surface area contributed by atoms with Crippen molar-refractivity contribution in [2.45, 2.75) is 0 Å². The Morgan fingerprint density at radius 3 is 2.42 bits per heavy atom. The SMILES string of the molecule is COc1ccccc1NC(=O)c1ccc(Oc2ccccc2)nc1. The molecule has 0 aliphatic heterocycles. The van der Waals surface area contributed by atoms with Gasteiger partial charge in [0.15, 0.2) is 0 Å². The molecule has 0 fully saturated rings. The lowest BCUT2D eigenvalue weighted by Crippen LogP contribution is -2.12. The van der Waals surface area contributed by atoms with Crippen LogP contribution in [0.15, 0.2) is 72.9 Å². The molecule has 120 valence electrons. The largest absolute Gasteiger partial charge is 0.495 e. The molecule has 3 rings (SSSR count). The zero-order chi connectivity index (χ0) is 16.8. The fraction of sp³-hybridized carbons (Fsp3) is 0.0526. The highest BCUT2D eigenvalue weighted by Gasteiger charge is 2.10. The first kappa shape index (κ1) is 15.6. The van der Waals surface area contributed by atoms with E-state index in [9.17, 15) is 4.79 Å². The number of hydrogen-bond donors (Lipinski definition) is 1. The zero-order valence-corrected chi connectivity index (χ0v) is 13.1. The maximum atomic E-state index is 12.3. The van der Waals surface area contributed by atoms with Gasteiger partial charge in [-0.1, -0.05) is 30.3 Å². The van der Waals surface area contributed by atoms with Crippen LogP contribution in [0.25, 0.3) is 0 Å². The molecule has 0 bridgehead atoms. The second kappa shape index (κ2) is 7.28. The molecule has 0 unspecified atom stereocenters. The van der Waals surface area contributed by atoms with E-state index in [2.05, 4.69) is 10.3 Å². The van der Waals surface area contributed by atoms with Crippen molar-refractivity contribution >= 4 is 11.6 Å². The van der Waals surface area contributed by atoms with Crippen LogP contribution in [0.4, 0.5) is 5.69 Å². The van der Waals surface area contributed by atoms with E-state index in [-0.39, 0.29) is 5.91 Å². The number of benzene rings is 2. The van der Waals surface area contributed by atoms with Gasteiger partial charge in [-0.3, -0.25) is 4.79 Å². The van der Waals surface area contributed by atoms with Gasteiger partial charge in [-0.05, 0) is 30.3 Å². The predicted molar refractivity (Wildman–Crippen MR) is 91.7 cm³/mol. The molecule has 0 aliphatic carbocycles. The summed E-state index contributed by atoms with van der Waals surface area (Å²) in [6.07, 6.45) is 1.48. The lowest BCUT2D eigenvalue weighted by Gasteiger charge is -2.10. The number of para-hydroxylation sites is 3. The second-order valence-corrected chi connectivity index (χ2v) is 4.95. The Labute approximate surface area is 139 Å². The summed E-state index contributed by atoms with van der Waals surface area (Å²) in [4.78, 5) is 16.5. The first-order valence-electron chi connectivity index (χ1n) is 7.39.